The van der Waals surface area contributed by atoms with Gasteiger partial charge in [0.1, 0.15) is 0 Å². The van der Waals surface area contributed by atoms with Gasteiger partial charge < -0.3 is 9.47 Å². The van der Waals surface area contributed by atoms with Gasteiger partial charge in [0.25, 0.3) is 0 Å². The van der Waals surface area contributed by atoms with E-state index in [2.05, 4.69) is 15.9 Å². The van der Waals surface area contributed by atoms with Crippen molar-refractivity contribution in [3.63, 3.8) is 0 Å². The van der Waals surface area contributed by atoms with Crippen LogP contribution in [-0.4, -0.2) is 13.4 Å². The van der Waals surface area contributed by atoms with Gasteiger partial charge >= 0.3 is 0 Å². The molecule has 0 heterocycles. The molecule has 0 unspecified atom stereocenters. The molecular formula is C11H12BrFO2. The fraction of sp³-hybridized carbons (Fsp3) is 0.455. The zero-order valence-corrected chi connectivity index (χ0v) is 9.80. The Morgan fingerprint density at radius 2 is 2.20 bits per heavy atom. The van der Waals surface area contributed by atoms with Crippen molar-refractivity contribution in [1.29, 1.82) is 0 Å². The van der Waals surface area contributed by atoms with Crippen molar-refractivity contribution in [2.24, 2.45) is 5.92 Å². The molecule has 0 aromatic heterocycles. The lowest BCUT2D eigenvalue weighted by molar-refractivity contribution is 0.00789. The predicted octanol–water partition coefficient (Wildman–Crippen LogP) is 3.35. The molecule has 1 saturated carbocycles. The standard InChI is InChI=1S/C11H12BrFO2/c12-9-3-4-10(13)11(5-9)15-7-14-6-8-1-2-8/h3-5,8H,1-2,6-7H2. The smallest absolute Gasteiger partial charge is 0.189 e. The van der Waals surface area contributed by atoms with E-state index in [0.717, 1.165) is 11.1 Å². The van der Waals surface area contributed by atoms with Crippen LogP contribution < -0.4 is 4.74 Å². The van der Waals surface area contributed by atoms with E-state index in [0.29, 0.717) is 5.92 Å². The summed E-state index contributed by atoms with van der Waals surface area (Å²) in [5.41, 5.74) is 0. The van der Waals surface area contributed by atoms with Crippen LogP contribution in [0.3, 0.4) is 0 Å². The molecule has 1 aliphatic rings. The van der Waals surface area contributed by atoms with Crippen LogP contribution in [0.25, 0.3) is 0 Å². The van der Waals surface area contributed by atoms with Crippen LogP contribution in [0, 0.1) is 11.7 Å². The van der Waals surface area contributed by atoms with E-state index in [9.17, 15) is 4.39 Å². The second-order valence-electron chi connectivity index (χ2n) is 3.65. The molecule has 15 heavy (non-hydrogen) atoms. The minimum atomic E-state index is -0.367. The molecule has 1 fully saturated rings. The third kappa shape index (κ3) is 3.47. The van der Waals surface area contributed by atoms with Gasteiger partial charge in [-0.1, -0.05) is 15.9 Å². The number of hydrogen-bond donors (Lipinski definition) is 0. The lowest BCUT2D eigenvalue weighted by atomic mass is 10.3. The van der Waals surface area contributed by atoms with E-state index in [4.69, 9.17) is 9.47 Å². The Morgan fingerprint density at radius 1 is 1.40 bits per heavy atom. The predicted molar refractivity (Wildman–Crippen MR) is 58.3 cm³/mol. The zero-order valence-electron chi connectivity index (χ0n) is 8.21. The molecule has 0 radical (unpaired) electrons. The first-order valence-corrected chi connectivity index (χ1v) is 5.70. The Labute approximate surface area is 96.5 Å². The third-order valence-corrected chi connectivity index (χ3v) is 2.73. The van der Waals surface area contributed by atoms with Crippen LogP contribution in [0.4, 0.5) is 4.39 Å². The monoisotopic (exact) mass is 274 g/mol. The molecule has 0 N–H and O–H groups in total. The highest BCUT2D eigenvalue weighted by atomic mass is 79.9. The largest absolute Gasteiger partial charge is 0.464 e. The van der Waals surface area contributed by atoms with Crippen molar-refractivity contribution in [3.8, 4) is 5.75 Å². The summed E-state index contributed by atoms with van der Waals surface area (Å²) < 4.78 is 24.4. The highest BCUT2D eigenvalue weighted by Gasteiger charge is 2.21. The van der Waals surface area contributed by atoms with Crippen LogP contribution in [0.2, 0.25) is 0 Å². The van der Waals surface area contributed by atoms with Crippen molar-refractivity contribution in [2.45, 2.75) is 12.8 Å². The van der Waals surface area contributed by atoms with Gasteiger partial charge in [0.15, 0.2) is 18.4 Å². The summed E-state index contributed by atoms with van der Waals surface area (Å²) in [6.45, 7) is 0.833. The van der Waals surface area contributed by atoms with E-state index in [1.54, 1.807) is 12.1 Å². The summed E-state index contributed by atoms with van der Waals surface area (Å²) in [4.78, 5) is 0. The average molecular weight is 275 g/mol. The zero-order chi connectivity index (χ0) is 10.7. The lowest BCUT2D eigenvalue weighted by Gasteiger charge is -2.07. The van der Waals surface area contributed by atoms with Gasteiger partial charge in [-0.25, -0.2) is 4.39 Å². The van der Waals surface area contributed by atoms with Gasteiger partial charge in [0.2, 0.25) is 0 Å². The fourth-order valence-corrected chi connectivity index (χ4v) is 1.53. The molecule has 0 atom stereocenters. The number of rotatable bonds is 5. The Balaban J connectivity index is 1.78. The molecule has 4 heteroatoms. The second kappa shape index (κ2) is 4.94. The van der Waals surface area contributed by atoms with Gasteiger partial charge in [-0.2, -0.15) is 0 Å². The first-order valence-electron chi connectivity index (χ1n) is 4.91. The maximum absolute atomic E-state index is 13.2. The molecule has 1 aromatic rings. The number of hydrogen-bond acceptors (Lipinski definition) is 2. The van der Waals surface area contributed by atoms with Crippen molar-refractivity contribution in [2.75, 3.05) is 13.4 Å². The Hall–Kier alpha value is -0.610. The lowest BCUT2D eigenvalue weighted by Crippen LogP contribution is -2.06. The molecule has 0 aliphatic heterocycles. The molecule has 1 aromatic carbocycles. The SMILES string of the molecule is Fc1ccc(Br)cc1OCOCC1CC1. The Morgan fingerprint density at radius 3 is 2.93 bits per heavy atom. The molecule has 2 rings (SSSR count). The van der Waals surface area contributed by atoms with Gasteiger partial charge in [0.05, 0.1) is 6.61 Å². The number of halogens is 2. The van der Waals surface area contributed by atoms with E-state index >= 15 is 0 Å². The molecule has 0 spiro atoms. The first kappa shape index (κ1) is 10.9. The van der Waals surface area contributed by atoms with E-state index in [1.807, 2.05) is 0 Å². The van der Waals surface area contributed by atoms with E-state index in [1.165, 1.54) is 18.9 Å². The molecule has 0 saturated heterocycles. The molecule has 2 nitrogen and oxygen atoms in total. The van der Waals surface area contributed by atoms with Gasteiger partial charge in [-0.05, 0) is 37.0 Å². The van der Waals surface area contributed by atoms with Crippen molar-refractivity contribution in [3.05, 3.63) is 28.5 Å². The third-order valence-electron chi connectivity index (χ3n) is 2.24. The summed E-state index contributed by atoms with van der Waals surface area (Å²) >= 11 is 3.25. The Kier molecular flexibility index (Phi) is 3.59. The highest BCUT2D eigenvalue weighted by Crippen LogP contribution is 2.29. The summed E-state index contributed by atoms with van der Waals surface area (Å²) in [5, 5.41) is 0. The maximum atomic E-state index is 13.2. The minimum absolute atomic E-state index is 0.115. The normalized spacial score (nSPS) is 15.3. The van der Waals surface area contributed by atoms with Gasteiger partial charge in [-0.15, -0.1) is 0 Å². The second-order valence-corrected chi connectivity index (χ2v) is 4.57. The molecular weight excluding hydrogens is 263 g/mol. The maximum Gasteiger partial charge on any atom is 0.189 e. The van der Waals surface area contributed by atoms with E-state index < -0.39 is 0 Å². The van der Waals surface area contributed by atoms with Crippen LogP contribution in [0.1, 0.15) is 12.8 Å². The molecule has 1 aliphatic carbocycles. The van der Waals surface area contributed by atoms with Gasteiger partial charge in [-0.3, -0.25) is 0 Å². The van der Waals surface area contributed by atoms with Crippen LogP contribution in [0.15, 0.2) is 22.7 Å². The quantitative estimate of drug-likeness (QED) is 0.606. The summed E-state index contributed by atoms with van der Waals surface area (Å²) in [6, 6.07) is 4.59. The van der Waals surface area contributed by atoms with Crippen LogP contribution in [0.5, 0.6) is 5.75 Å². The van der Waals surface area contributed by atoms with Crippen LogP contribution >= 0.6 is 15.9 Å². The molecule has 0 bridgehead atoms. The van der Waals surface area contributed by atoms with Crippen molar-refractivity contribution < 1.29 is 13.9 Å². The minimum Gasteiger partial charge on any atom is -0.464 e. The summed E-state index contributed by atoms with van der Waals surface area (Å²) in [5.74, 6) is 0.550. The highest BCUT2D eigenvalue weighted by molar-refractivity contribution is 9.10. The average Bonchev–Trinajstić information content (AvgIpc) is 3.01. The summed E-state index contributed by atoms with van der Waals surface area (Å²) in [7, 11) is 0. The van der Waals surface area contributed by atoms with Gasteiger partial charge in [0, 0.05) is 4.47 Å². The number of benzene rings is 1. The fourth-order valence-electron chi connectivity index (χ4n) is 1.19. The van der Waals surface area contributed by atoms with Crippen molar-refractivity contribution in [1.82, 2.24) is 0 Å². The van der Waals surface area contributed by atoms with Crippen molar-refractivity contribution >= 4 is 15.9 Å². The Bertz CT molecular complexity index is 339. The number of ether oxygens (including phenoxy) is 2. The molecule has 0 amide bonds. The molecule has 82 valence electrons. The first-order chi connectivity index (χ1) is 7.25. The van der Waals surface area contributed by atoms with E-state index in [-0.39, 0.29) is 18.4 Å². The topological polar surface area (TPSA) is 18.5 Å². The summed E-state index contributed by atoms with van der Waals surface area (Å²) in [6.07, 6.45) is 2.48. The van der Waals surface area contributed by atoms with Crippen LogP contribution in [-0.2, 0) is 4.74 Å².